The number of carbonyl (C=O) groups is 1. The number of fused-ring (bicyclic) bond motifs is 1. The Balaban J connectivity index is 1.67. The van der Waals surface area contributed by atoms with E-state index in [9.17, 15) is 9.59 Å². The van der Waals surface area contributed by atoms with Crippen molar-refractivity contribution in [2.24, 2.45) is 7.05 Å². The lowest BCUT2D eigenvalue weighted by Crippen LogP contribution is -2.34. The summed E-state index contributed by atoms with van der Waals surface area (Å²) < 4.78 is 12.6. The van der Waals surface area contributed by atoms with Gasteiger partial charge in [0.05, 0.1) is 6.04 Å². The Kier molecular flexibility index (Phi) is 3.75. The van der Waals surface area contributed by atoms with E-state index in [2.05, 4.69) is 0 Å². The molecule has 1 fully saturated rings. The molecule has 2 aromatic rings. The van der Waals surface area contributed by atoms with Gasteiger partial charge < -0.3 is 18.9 Å². The largest absolute Gasteiger partial charge is 0.454 e. The lowest BCUT2D eigenvalue weighted by molar-refractivity contribution is 0.0733. The number of pyridine rings is 1. The van der Waals surface area contributed by atoms with E-state index in [4.69, 9.17) is 9.47 Å². The zero-order valence-corrected chi connectivity index (χ0v) is 14.3. The van der Waals surface area contributed by atoms with Crippen LogP contribution < -0.4 is 14.9 Å². The number of rotatable bonds is 2. The first-order chi connectivity index (χ1) is 12.0. The molecule has 2 aliphatic rings. The molecule has 1 aromatic carbocycles. The normalized spacial score (nSPS) is 18.6. The van der Waals surface area contributed by atoms with Crippen molar-refractivity contribution in [1.82, 2.24) is 9.47 Å². The van der Waals surface area contributed by atoms with E-state index in [1.54, 1.807) is 15.7 Å². The van der Waals surface area contributed by atoms with Gasteiger partial charge in [-0.3, -0.25) is 9.59 Å². The van der Waals surface area contributed by atoms with Crippen molar-refractivity contribution in [3.8, 4) is 11.5 Å². The van der Waals surface area contributed by atoms with Gasteiger partial charge in [-0.25, -0.2) is 0 Å². The maximum absolute atomic E-state index is 13.0. The minimum atomic E-state index is -0.225. The molecule has 0 unspecified atom stereocenters. The molecule has 0 aliphatic carbocycles. The van der Waals surface area contributed by atoms with Gasteiger partial charge in [0.15, 0.2) is 16.9 Å². The summed E-state index contributed by atoms with van der Waals surface area (Å²) in [6, 6.07) is 7.25. The van der Waals surface area contributed by atoms with Gasteiger partial charge in [0.1, 0.15) is 5.56 Å². The Morgan fingerprint density at radius 3 is 2.84 bits per heavy atom. The summed E-state index contributed by atoms with van der Waals surface area (Å²) in [5, 5.41) is 0. The first kappa shape index (κ1) is 15.7. The summed E-state index contributed by atoms with van der Waals surface area (Å²) in [6.45, 7) is 2.72. The second-order valence-electron chi connectivity index (χ2n) is 6.57. The van der Waals surface area contributed by atoms with Crippen molar-refractivity contribution in [1.29, 1.82) is 0 Å². The molecule has 0 radical (unpaired) electrons. The van der Waals surface area contributed by atoms with Crippen molar-refractivity contribution in [2.45, 2.75) is 25.8 Å². The van der Waals surface area contributed by atoms with Crippen LogP contribution in [0.3, 0.4) is 0 Å². The molecule has 2 aliphatic heterocycles. The highest BCUT2D eigenvalue weighted by Crippen LogP contribution is 2.39. The van der Waals surface area contributed by atoms with Crippen LogP contribution >= 0.6 is 0 Å². The van der Waals surface area contributed by atoms with Crippen molar-refractivity contribution >= 4 is 5.91 Å². The van der Waals surface area contributed by atoms with Crippen LogP contribution in [0.2, 0.25) is 0 Å². The van der Waals surface area contributed by atoms with Crippen molar-refractivity contribution < 1.29 is 14.3 Å². The van der Waals surface area contributed by atoms with Crippen LogP contribution in [-0.4, -0.2) is 28.7 Å². The van der Waals surface area contributed by atoms with Gasteiger partial charge >= 0.3 is 0 Å². The van der Waals surface area contributed by atoms with Crippen LogP contribution in [0, 0.1) is 6.92 Å². The number of carbonyl (C=O) groups excluding carboxylic acids is 1. The number of amides is 1. The Morgan fingerprint density at radius 2 is 2.00 bits per heavy atom. The molecule has 3 heterocycles. The second kappa shape index (κ2) is 5.95. The van der Waals surface area contributed by atoms with E-state index in [1.165, 1.54) is 6.07 Å². The fourth-order valence-electron chi connectivity index (χ4n) is 3.52. The van der Waals surface area contributed by atoms with E-state index in [0.717, 1.165) is 29.8 Å². The quantitative estimate of drug-likeness (QED) is 0.842. The third kappa shape index (κ3) is 2.67. The van der Waals surface area contributed by atoms with Gasteiger partial charge in [-0.15, -0.1) is 0 Å². The number of likely N-dealkylation sites (tertiary alicyclic amines) is 1. The Bertz CT molecular complexity index is 903. The zero-order valence-electron chi connectivity index (χ0n) is 14.3. The van der Waals surface area contributed by atoms with E-state index >= 15 is 0 Å². The molecule has 0 N–H and O–H groups in total. The molecular weight excluding hydrogens is 320 g/mol. The number of aromatic nitrogens is 1. The third-order valence-electron chi connectivity index (χ3n) is 5.01. The van der Waals surface area contributed by atoms with Crippen LogP contribution in [-0.2, 0) is 7.05 Å². The van der Waals surface area contributed by atoms with Crippen molar-refractivity contribution in [3.63, 3.8) is 0 Å². The van der Waals surface area contributed by atoms with E-state index in [0.29, 0.717) is 12.3 Å². The summed E-state index contributed by atoms with van der Waals surface area (Å²) in [5.41, 5.74) is 1.84. The topological polar surface area (TPSA) is 60.8 Å². The summed E-state index contributed by atoms with van der Waals surface area (Å²) in [7, 11) is 1.84. The maximum atomic E-state index is 13.0. The molecule has 0 saturated carbocycles. The molecule has 1 atom stereocenters. The molecule has 6 nitrogen and oxygen atoms in total. The fourth-order valence-corrected chi connectivity index (χ4v) is 3.52. The number of ether oxygens (including phenoxy) is 2. The zero-order chi connectivity index (χ0) is 17.6. The highest BCUT2D eigenvalue weighted by Gasteiger charge is 2.32. The van der Waals surface area contributed by atoms with Crippen LogP contribution in [0.4, 0.5) is 0 Å². The minimum absolute atomic E-state index is 0.0481. The van der Waals surface area contributed by atoms with E-state index in [-0.39, 0.29) is 29.7 Å². The molecule has 1 saturated heterocycles. The van der Waals surface area contributed by atoms with Crippen LogP contribution in [0.1, 0.15) is 40.5 Å². The van der Waals surface area contributed by atoms with E-state index in [1.807, 2.05) is 32.2 Å². The maximum Gasteiger partial charge on any atom is 0.259 e. The fraction of sp³-hybridized carbons (Fsp3) is 0.368. The molecule has 4 rings (SSSR count). The van der Waals surface area contributed by atoms with Crippen LogP contribution in [0.15, 0.2) is 35.3 Å². The van der Waals surface area contributed by atoms with E-state index < -0.39 is 0 Å². The van der Waals surface area contributed by atoms with Crippen LogP contribution in [0.5, 0.6) is 11.5 Å². The summed E-state index contributed by atoms with van der Waals surface area (Å²) in [4.78, 5) is 27.1. The van der Waals surface area contributed by atoms with Gasteiger partial charge in [-0.2, -0.15) is 0 Å². The molecule has 6 heteroatoms. The van der Waals surface area contributed by atoms with Gasteiger partial charge in [0.2, 0.25) is 6.79 Å². The highest BCUT2D eigenvalue weighted by molar-refractivity contribution is 5.94. The first-order valence-electron chi connectivity index (χ1n) is 8.42. The number of hydrogen-bond acceptors (Lipinski definition) is 4. The smallest absolute Gasteiger partial charge is 0.259 e. The van der Waals surface area contributed by atoms with Crippen molar-refractivity contribution in [2.75, 3.05) is 13.3 Å². The van der Waals surface area contributed by atoms with Gasteiger partial charge in [0, 0.05) is 31.5 Å². The van der Waals surface area contributed by atoms with Gasteiger partial charge in [-0.1, -0.05) is 6.07 Å². The molecule has 0 bridgehead atoms. The second-order valence-corrected chi connectivity index (χ2v) is 6.57. The SMILES string of the molecule is Cc1cc(=O)c(C(=O)N2CCC[C@H]2c2ccc3c(c2)OCO3)cn1C. The van der Waals surface area contributed by atoms with Crippen molar-refractivity contribution in [3.05, 3.63) is 57.5 Å². The molecule has 1 aromatic heterocycles. The monoisotopic (exact) mass is 340 g/mol. The minimum Gasteiger partial charge on any atom is -0.454 e. The predicted molar refractivity (Wildman–Crippen MR) is 92.0 cm³/mol. The van der Waals surface area contributed by atoms with Gasteiger partial charge in [0.25, 0.3) is 5.91 Å². The number of aryl methyl sites for hydroxylation is 2. The summed E-state index contributed by atoms with van der Waals surface area (Å²) in [6.07, 6.45) is 3.42. The average Bonchev–Trinajstić information content (AvgIpc) is 3.25. The number of nitrogens with zero attached hydrogens (tertiary/aromatic N) is 2. The standard InChI is InChI=1S/C19H20N2O4/c1-12-8-16(22)14(10-20(12)2)19(23)21-7-3-4-15(21)13-5-6-17-18(9-13)25-11-24-17/h5-6,8-10,15H,3-4,7,11H2,1-2H3/t15-/m0/s1. The molecule has 1 amide bonds. The Hall–Kier alpha value is -2.76. The predicted octanol–water partition coefficient (Wildman–Crippen LogP) is 2.40. The molecule has 0 spiro atoms. The Labute approximate surface area is 145 Å². The van der Waals surface area contributed by atoms with Crippen LogP contribution in [0.25, 0.3) is 0 Å². The Morgan fingerprint density at radius 1 is 1.20 bits per heavy atom. The average molecular weight is 340 g/mol. The molecular formula is C19H20N2O4. The lowest BCUT2D eigenvalue weighted by Gasteiger charge is -2.25. The number of benzene rings is 1. The first-order valence-corrected chi connectivity index (χ1v) is 8.42. The lowest BCUT2D eigenvalue weighted by atomic mass is 10.0. The highest BCUT2D eigenvalue weighted by atomic mass is 16.7. The third-order valence-corrected chi connectivity index (χ3v) is 5.01. The summed E-state index contributed by atoms with van der Waals surface area (Å²) in [5.74, 6) is 1.23. The molecule has 130 valence electrons. The van der Waals surface area contributed by atoms with Gasteiger partial charge in [-0.05, 0) is 37.5 Å². The molecule has 25 heavy (non-hydrogen) atoms. The summed E-state index contributed by atoms with van der Waals surface area (Å²) >= 11 is 0. The number of hydrogen-bond donors (Lipinski definition) is 0.